The van der Waals surface area contributed by atoms with Crippen molar-refractivity contribution in [3.05, 3.63) is 35.6 Å². The molecular formula is C15H22FNO5S. The fourth-order valence-electron chi connectivity index (χ4n) is 2.23. The number of hydrogen-bond acceptors (Lipinski definition) is 6. The van der Waals surface area contributed by atoms with Crippen LogP contribution < -0.4 is 5.73 Å². The summed E-state index contributed by atoms with van der Waals surface area (Å²) in [5, 5.41) is 0. The molecule has 1 rings (SSSR count). The monoisotopic (exact) mass is 347 g/mol. The van der Waals surface area contributed by atoms with Crippen molar-refractivity contribution in [2.45, 2.75) is 37.8 Å². The first-order chi connectivity index (χ1) is 10.6. The molecule has 0 aliphatic rings. The normalized spacial score (nSPS) is 15.7. The van der Waals surface area contributed by atoms with Crippen LogP contribution in [0.25, 0.3) is 0 Å². The molecule has 2 unspecified atom stereocenters. The van der Waals surface area contributed by atoms with E-state index in [2.05, 4.69) is 4.74 Å². The maximum Gasteiger partial charge on any atom is 0.307 e. The highest BCUT2D eigenvalue weighted by Crippen LogP contribution is 2.33. The van der Waals surface area contributed by atoms with Crippen LogP contribution in [0.1, 0.15) is 31.7 Å². The van der Waals surface area contributed by atoms with Crippen LogP contribution in [-0.4, -0.2) is 33.8 Å². The van der Waals surface area contributed by atoms with Crippen LogP contribution in [0, 0.1) is 5.82 Å². The third-order valence-corrected chi connectivity index (χ3v) is 4.11. The number of carbonyl (C=O) groups excluding carboxylic acids is 1. The van der Waals surface area contributed by atoms with Crippen LogP contribution in [-0.2, 0) is 29.4 Å². The Morgan fingerprint density at radius 3 is 2.39 bits per heavy atom. The summed E-state index contributed by atoms with van der Waals surface area (Å²) in [4.78, 5) is 11.2. The number of hydrogen-bond donors (Lipinski definition) is 1. The first-order valence-electron chi connectivity index (χ1n) is 7.05. The van der Waals surface area contributed by atoms with Crippen molar-refractivity contribution in [3.63, 3.8) is 0 Å². The summed E-state index contributed by atoms with van der Waals surface area (Å²) in [7, 11) is -2.47. The van der Waals surface area contributed by atoms with E-state index in [4.69, 9.17) is 9.92 Å². The molecule has 0 heterocycles. The van der Waals surface area contributed by atoms with E-state index in [0.717, 1.165) is 6.26 Å². The van der Waals surface area contributed by atoms with Gasteiger partial charge in [0, 0.05) is 6.04 Å². The second-order valence-corrected chi connectivity index (χ2v) is 7.18. The van der Waals surface area contributed by atoms with Gasteiger partial charge in [0.15, 0.2) is 0 Å². The molecule has 23 heavy (non-hydrogen) atoms. The lowest BCUT2D eigenvalue weighted by Crippen LogP contribution is -2.33. The topological polar surface area (TPSA) is 95.7 Å². The molecule has 8 heteroatoms. The maximum atomic E-state index is 13.1. The second kappa shape index (κ2) is 7.85. The average Bonchev–Trinajstić information content (AvgIpc) is 2.44. The van der Waals surface area contributed by atoms with Gasteiger partial charge in [0.05, 0.1) is 19.8 Å². The second-order valence-electron chi connectivity index (χ2n) is 5.60. The van der Waals surface area contributed by atoms with E-state index in [1.165, 1.54) is 31.4 Å². The van der Waals surface area contributed by atoms with Crippen molar-refractivity contribution in [3.8, 4) is 0 Å². The van der Waals surface area contributed by atoms with E-state index in [1.54, 1.807) is 6.92 Å². The van der Waals surface area contributed by atoms with E-state index in [9.17, 15) is 17.6 Å². The third-order valence-electron chi connectivity index (χ3n) is 3.44. The number of nitrogens with two attached hydrogens (primary N) is 1. The van der Waals surface area contributed by atoms with Crippen LogP contribution in [0.4, 0.5) is 4.39 Å². The Morgan fingerprint density at radius 2 is 1.91 bits per heavy atom. The number of halogens is 1. The molecule has 0 spiro atoms. The lowest BCUT2D eigenvalue weighted by molar-refractivity contribution is -0.141. The van der Waals surface area contributed by atoms with Gasteiger partial charge >= 0.3 is 5.97 Å². The SMILES string of the molecule is COC(=O)CC(N)CCC(C)(OS(C)(=O)=O)c1ccc(F)cc1. The molecule has 0 saturated heterocycles. The first kappa shape index (κ1) is 19.5. The van der Waals surface area contributed by atoms with Gasteiger partial charge in [-0.15, -0.1) is 0 Å². The van der Waals surface area contributed by atoms with E-state index in [1.807, 2.05) is 0 Å². The number of esters is 1. The highest BCUT2D eigenvalue weighted by atomic mass is 32.2. The molecule has 0 amide bonds. The summed E-state index contributed by atoms with van der Waals surface area (Å²) >= 11 is 0. The van der Waals surface area contributed by atoms with Crippen molar-refractivity contribution in [2.24, 2.45) is 5.73 Å². The largest absolute Gasteiger partial charge is 0.469 e. The molecular weight excluding hydrogens is 325 g/mol. The molecule has 0 aliphatic heterocycles. The highest BCUT2D eigenvalue weighted by molar-refractivity contribution is 7.86. The van der Waals surface area contributed by atoms with Crippen molar-refractivity contribution in [2.75, 3.05) is 13.4 Å². The van der Waals surface area contributed by atoms with E-state index in [0.29, 0.717) is 12.0 Å². The lowest BCUT2D eigenvalue weighted by Gasteiger charge is -2.30. The van der Waals surface area contributed by atoms with Gasteiger partial charge in [-0.3, -0.25) is 8.98 Å². The standard InChI is InChI=1S/C15H22FNO5S/c1-15(22-23(3,19)20,11-4-6-12(16)7-5-11)9-8-13(17)10-14(18)21-2/h4-7,13H,8-10,17H2,1-3H3. The van der Waals surface area contributed by atoms with Gasteiger partial charge in [0.25, 0.3) is 10.1 Å². The minimum atomic E-state index is -3.74. The Bertz CT molecular complexity index is 632. The minimum absolute atomic E-state index is 0.0227. The third kappa shape index (κ3) is 6.64. The number of carbonyl (C=O) groups is 1. The summed E-state index contributed by atoms with van der Waals surface area (Å²) in [6, 6.07) is 4.89. The van der Waals surface area contributed by atoms with Crippen molar-refractivity contribution < 1.29 is 26.5 Å². The molecule has 0 fully saturated rings. The molecule has 0 aliphatic carbocycles. The Morgan fingerprint density at radius 1 is 1.35 bits per heavy atom. The number of benzene rings is 1. The smallest absolute Gasteiger partial charge is 0.307 e. The van der Waals surface area contributed by atoms with E-state index < -0.39 is 33.5 Å². The number of ether oxygens (including phenoxy) is 1. The summed E-state index contributed by atoms with van der Waals surface area (Å²) in [5.74, 6) is -0.872. The molecule has 0 radical (unpaired) electrons. The van der Waals surface area contributed by atoms with Crippen LogP contribution in [0.5, 0.6) is 0 Å². The zero-order valence-electron chi connectivity index (χ0n) is 13.4. The summed E-state index contributed by atoms with van der Waals surface area (Å²) < 4.78 is 45.9. The number of rotatable bonds is 8. The fraction of sp³-hybridized carbons (Fsp3) is 0.533. The van der Waals surface area contributed by atoms with Crippen molar-refractivity contribution in [1.82, 2.24) is 0 Å². The molecule has 1 aromatic carbocycles. The fourth-order valence-corrected chi connectivity index (χ4v) is 3.08. The highest BCUT2D eigenvalue weighted by Gasteiger charge is 2.32. The molecule has 0 aromatic heterocycles. The summed E-state index contributed by atoms with van der Waals surface area (Å²) in [5.41, 5.74) is 5.17. The van der Waals surface area contributed by atoms with Gasteiger partial charge in [-0.2, -0.15) is 8.42 Å². The van der Waals surface area contributed by atoms with Crippen LogP contribution in [0.2, 0.25) is 0 Å². The Hall–Kier alpha value is -1.51. The van der Waals surface area contributed by atoms with E-state index in [-0.39, 0.29) is 12.8 Å². The quantitative estimate of drug-likeness (QED) is 0.568. The lowest BCUT2D eigenvalue weighted by atomic mass is 9.89. The summed E-state index contributed by atoms with van der Waals surface area (Å²) in [6.45, 7) is 1.59. The Kier molecular flexibility index (Phi) is 6.67. The van der Waals surface area contributed by atoms with E-state index >= 15 is 0 Å². The molecule has 0 bridgehead atoms. The van der Waals surface area contributed by atoms with Crippen LogP contribution in [0.3, 0.4) is 0 Å². The van der Waals surface area contributed by atoms with Gasteiger partial charge < -0.3 is 10.5 Å². The summed E-state index contributed by atoms with van der Waals surface area (Å²) in [6.07, 6.45) is 1.54. The molecule has 1 aromatic rings. The maximum absolute atomic E-state index is 13.1. The first-order valence-corrected chi connectivity index (χ1v) is 8.86. The van der Waals surface area contributed by atoms with Gasteiger partial charge in [-0.05, 0) is 37.5 Å². The minimum Gasteiger partial charge on any atom is -0.469 e. The molecule has 2 N–H and O–H groups in total. The molecule has 2 atom stereocenters. The van der Waals surface area contributed by atoms with Gasteiger partial charge in [0.2, 0.25) is 0 Å². The molecule has 0 saturated carbocycles. The number of methoxy groups -OCH3 is 1. The Balaban J connectivity index is 2.92. The predicted molar refractivity (Wildman–Crippen MR) is 83.5 cm³/mol. The zero-order valence-corrected chi connectivity index (χ0v) is 14.2. The van der Waals surface area contributed by atoms with Gasteiger partial charge in [-0.1, -0.05) is 12.1 Å². The van der Waals surface area contributed by atoms with Gasteiger partial charge in [-0.25, -0.2) is 4.39 Å². The predicted octanol–water partition coefficient (Wildman–Crippen LogP) is 1.69. The average molecular weight is 347 g/mol. The van der Waals surface area contributed by atoms with Gasteiger partial charge in [0.1, 0.15) is 11.4 Å². The Labute approximate surface area is 135 Å². The van der Waals surface area contributed by atoms with Crippen LogP contribution >= 0.6 is 0 Å². The molecule has 130 valence electrons. The molecule has 6 nitrogen and oxygen atoms in total. The van der Waals surface area contributed by atoms with Crippen LogP contribution in [0.15, 0.2) is 24.3 Å². The zero-order chi connectivity index (χ0) is 17.7. The van der Waals surface area contributed by atoms with Crippen molar-refractivity contribution in [1.29, 1.82) is 0 Å². The van der Waals surface area contributed by atoms with Crippen molar-refractivity contribution >= 4 is 16.1 Å².